The van der Waals surface area contributed by atoms with Gasteiger partial charge in [-0.1, -0.05) is 24.3 Å². The fraction of sp³-hybridized carbons (Fsp3) is 0.286. The van der Waals surface area contributed by atoms with E-state index in [1.54, 1.807) is 6.07 Å². The lowest BCUT2D eigenvalue weighted by molar-refractivity contribution is -0.190. The third kappa shape index (κ3) is 4.37. The van der Waals surface area contributed by atoms with Crippen LogP contribution in [-0.2, 0) is 27.5 Å². The zero-order chi connectivity index (χ0) is 24.9. The number of fused-ring (bicyclic) bond motifs is 1. The van der Waals surface area contributed by atoms with E-state index in [0.29, 0.717) is 24.2 Å². The summed E-state index contributed by atoms with van der Waals surface area (Å²) in [6.07, 6.45) is -9.60. The number of ether oxygens (including phenoxy) is 1. The van der Waals surface area contributed by atoms with Crippen molar-refractivity contribution < 1.29 is 44.3 Å². The summed E-state index contributed by atoms with van der Waals surface area (Å²) in [7, 11) is -5.16. The number of esters is 1. The Hall–Kier alpha value is -3.06. The molecule has 0 aliphatic carbocycles. The Morgan fingerprint density at radius 3 is 2.24 bits per heavy atom. The van der Waals surface area contributed by atoms with Gasteiger partial charge in [-0.2, -0.15) is 26.3 Å². The molecule has 182 valence electrons. The van der Waals surface area contributed by atoms with Gasteiger partial charge in [0, 0.05) is 18.0 Å². The summed E-state index contributed by atoms with van der Waals surface area (Å²) in [6.45, 7) is 1.84. The molecule has 3 aromatic rings. The summed E-state index contributed by atoms with van der Waals surface area (Å²) in [5, 5.41) is 0.132. The number of carbonyl (C=O) groups is 1. The van der Waals surface area contributed by atoms with E-state index in [4.69, 9.17) is 0 Å². The zero-order valence-electron chi connectivity index (χ0n) is 17.2. The summed E-state index contributed by atoms with van der Waals surface area (Å²) in [5.41, 5.74) is -1.22. The molecule has 0 saturated carbocycles. The molecule has 2 aromatic carbocycles. The first-order valence-corrected chi connectivity index (χ1v) is 11.3. The number of aromatic nitrogens is 1. The van der Waals surface area contributed by atoms with Crippen LogP contribution >= 0.6 is 0 Å². The van der Waals surface area contributed by atoms with Gasteiger partial charge in [0.15, 0.2) is 0 Å². The second-order valence-corrected chi connectivity index (χ2v) is 9.37. The van der Waals surface area contributed by atoms with Crippen LogP contribution in [0.1, 0.15) is 17.5 Å². The number of hydrogen-bond acceptors (Lipinski definition) is 5. The quantitative estimate of drug-likeness (QED) is 0.375. The lowest BCUT2D eigenvalue weighted by Crippen LogP contribution is -2.36. The Balaban J connectivity index is 1.96. The number of benzene rings is 2. The van der Waals surface area contributed by atoms with Crippen LogP contribution in [0, 0.1) is 0 Å². The van der Waals surface area contributed by atoms with Gasteiger partial charge in [-0.3, -0.25) is 4.90 Å². The predicted octanol–water partition coefficient (Wildman–Crippen LogP) is 4.57. The Morgan fingerprint density at radius 1 is 0.971 bits per heavy atom. The van der Waals surface area contributed by atoms with Crippen molar-refractivity contribution >= 4 is 26.9 Å². The molecular weight excluding hydrogens is 490 g/mol. The molecule has 0 N–H and O–H groups in total. The molecule has 2 heterocycles. The first kappa shape index (κ1) is 24.1. The van der Waals surface area contributed by atoms with Gasteiger partial charge in [0.05, 0.1) is 11.1 Å². The van der Waals surface area contributed by atoms with Crippen molar-refractivity contribution in [3.05, 3.63) is 59.7 Å². The van der Waals surface area contributed by atoms with Gasteiger partial charge in [-0.25, -0.2) is 17.2 Å². The molecule has 1 saturated heterocycles. The van der Waals surface area contributed by atoms with Crippen LogP contribution in [0.4, 0.5) is 26.3 Å². The van der Waals surface area contributed by atoms with Gasteiger partial charge in [0.2, 0.25) is 5.88 Å². The average molecular weight is 506 g/mol. The molecule has 0 atom stereocenters. The highest BCUT2D eigenvalue weighted by atomic mass is 32.2. The summed E-state index contributed by atoms with van der Waals surface area (Å²) in [5.74, 6) is -3.77. The van der Waals surface area contributed by atoms with Crippen molar-refractivity contribution in [3.63, 3.8) is 0 Å². The third-order valence-electron chi connectivity index (χ3n) is 5.34. The van der Waals surface area contributed by atoms with Crippen LogP contribution in [0.2, 0.25) is 0 Å². The minimum atomic E-state index is -5.46. The average Bonchev–Trinajstić information content (AvgIpc) is 3.08. The molecule has 34 heavy (non-hydrogen) atoms. The molecule has 6 nitrogen and oxygen atoms in total. The van der Waals surface area contributed by atoms with Gasteiger partial charge >= 0.3 is 18.3 Å². The number of halogens is 6. The number of hydrogen-bond donors (Lipinski definition) is 0. The standard InChI is InChI=1S/C21H16F6N2O4S/c22-20(23,24)15-6-1-2-8-17(15)34(31,32)29-16-7-3-5-13(12-28-9-4-10-28)14(16)11-18(29)33-19(30)21(25,26)27/h1-3,5-8,11H,4,9-10,12H2. The lowest BCUT2D eigenvalue weighted by Gasteiger charge is -2.30. The largest absolute Gasteiger partial charge is 0.491 e. The molecule has 1 aliphatic rings. The second-order valence-electron chi connectivity index (χ2n) is 7.61. The van der Waals surface area contributed by atoms with Crippen LogP contribution in [-0.4, -0.2) is 42.5 Å². The third-order valence-corrected chi connectivity index (χ3v) is 7.11. The van der Waals surface area contributed by atoms with Crippen molar-refractivity contribution in [2.45, 2.75) is 30.2 Å². The van der Waals surface area contributed by atoms with Gasteiger partial charge in [-0.15, -0.1) is 0 Å². The topological polar surface area (TPSA) is 68.6 Å². The molecule has 0 bridgehead atoms. The minimum absolute atomic E-state index is 0.132. The Bertz CT molecular complexity index is 1360. The number of likely N-dealkylation sites (tertiary alicyclic amines) is 1. The van der Waals surface area contributed by atoms with Gasteiger partial charge in [0.25, 0.3) is 10.0 Å². The van der Waals surface area contributed by atoms with Crippen molar-refractivity contribution in [2.24, 2.45) is 0 Å². The van der Waals surface area contributed by atoms with Crippen LogP contribution in [0.5, 0.6) is 5.88 Å². The molecule has 0 unspecified atom stereocenters. The summed E-state index contributed by atoms with van der Waals surface area (Å²) >= 11 is 0. The summed E-state index contributed by atoms with van der Waals surface area (Å²) < 4.78 is 111. The second kappa shape index (κ2) is 8.31. The van der Waals surface area contributed by atoms with Crippen LogP contribution in [0.15, 0.2) is 53.4 Å². The Labute approximate surface area is 189 Å². The molecular formula is C21H16F6N2O4S. The van der Waals surface area contributed by atoms with Crippen molar-refractivity contribution in [1.29, 1.82) is 0 Å². The van der Waals surface area contributed by atoms with Crippen molar-refractivity contribution in [1.82, 2.24) is 8.87 Å². The van der Waals surface area contributed by atoms with E-state index >= 15 is 0 Å². The smallest absolute Gasteiger partial charge is 0.402 e. The molecule has 0 spiro atoms. The van der Waals surface area contributed by atoms with E-state index in [1.165, 1.54) is 12.1 Å². The summed E-state index contributed by atoms with van der Waals surface area (Å²) in [4.78, 5) is 12.3. The SMILES string of the molecule is O=C(Oc1cc2c(CN3CCC3)cccc2n1S(=O)(=O)c1ccccc1C(F)(F)F)C(F)(F)F. The maximum atomic E-state index is 13.5. The van der Waals surface area contributed by atoms with Crippen molar-refractivity contribution in [2.75, 3.05) is 13.1 Å². The fourth-order valence-electron chi connectivity index (χ4n) is 3.66. The fourth-order valence-corrected chi connectivity index (χ4v) is 5.31. The molecule has 0 radical (unpaired) electrons. The maximum Gasteiger partial charge on any atom is 0.491 e. The number of alkyl halides is 6. The van der Waals surface area contributed by atoms with Gasteiger partial charge in [0.1, 0.15) is 4.90 Å². The van der Waals surface area contributed by atoms with Gasteiger partial charge < -0.3 is 4.74 Å². The molecule has 1 aromatic heterocycles. The normalized spacial score (nSPS) is 15.4. The van der Waals surface area contributed by atoms with Crippen LogP contribution < -0.4 is 4.74 Å². The Morgan fingerprint density at radius 2 is 1.65 bits per heavy atom. The molecule has 13 heteroatoms. The van der Waals surface area contributed by atoms with E-state index in [9.17, 15) is 39.6 Å². The molecule has 0 amide bonds. The van der Waals surface area contributed by atoms with E-state index in [0.717, 1.165) is 37.7 Å². The number of nitrogens with zero attached hydrogens (tertiary/aromatic N) is 2. The van der Waals surface area contributed by atoms with E-state index in [-0.39, 0.29) is 14.9 Å². The maximum absolute atomic E-state index is 13.5. The first-order valence-electron chi connectivity index (χ1n) is 9.86. The molecule has 4 rings (SSSR count). The van der Waals surface area contributed by atoms with Crippen molar-refractivity contribution in [3.8, 4) is 5.88 Å². The minimum Gasteiger partial charge on any atom is -0.402 e. The lowest BCUT2D eigenvalue weighted by atomic mass is 10.1. The predicted molar refractivity (Wildman–Crippen MR) is 108 cm³/mol. The molecule has 1 aliphatic heterocycles. The van der Waals surface area contributed by atoms with Gasteiger partial charge in [-0.05, 0) is 43.3 Å². The number of carbonyl (C=O) groups excluding carboxylic acids is 1. The highest BCUT2D eigenvalue weighted by Crippen LogP contribution is 2.39. The first-order chi connectivity index (χ1) is 15.8. The van der Waals surface area contributed by atoms with E-state index < -0.39 is 44.7 Å². The zero-order valence-corrected chi connectivity index (χ0v) is 18.0. The monoisotopic (exact) mass is 506 g/mol. The van der Waals surface area contributed by atoms with E-state index in [2.05, 4.69) is 4.74 Å². The summed E-state index contributed by atoms with van der Waals surface area (Å²) in [6, 6.07) is 8.41. The van der Waals surface area contributed by atoms with Crippen LogP contribution in [0.3, 0.4) is 0 Å². The Kier molecular flexibility index (Phi) is 5.88. The highest BCUT2D eigenvalue weighted by molar-refractivity contribution is 7.90. The highest BCUT2D eigenvalue weighted by Gasteiger charge is 2.43. The van der Waals surface area contributed by atoms with E-state index in [1.807, 2.05) is 4.90 Å². The number of rotatable bonds is 5. The molecule has 1 fully saturated rings. The van der Waals surface area contributed by atoms with Crippen LogP contribution in [0.25, 0.3) is 10.9 Å².